The molecule has 0 spiro atoms. The zero-order valence-electron chi connectivity index (χ0n) is 11.1. The Hall–Kier alpha value is -1.64. The third-order valence-electron chi connectivity index (χ3n) is 2.88. The lowest BCUT2D eigenvalue weighted by atomic mass is 10.1. The Labute approximate surface area is 145 Å². The predicted molar refractivity (Wildman–Crippen MR) is 95.4 cm³/mol. The summed E-state index contributed by atoms with van der Waals surface area (Å²) in [4.78, 5) is 5.63. The lowest BCUT2D eigenvalue weighted by Gasteiger charge is -1.99. The maximum atomic E-state index is 9.40. The van der Waals surface area contributed by atoms with Crippen molar-refractivity contribution in [1.82, 2.24) is 4.98 Å². The summed E-state index contributed by atoms with van der Waals surface area (Å²) in [5.74, 6) is 0. The summed E-state index contributed by atoms with van der Waals surface area (Å²) < 4.78 is 0. The molecule has 0 aliphatic heterocycles. The molecule has 22 heavy (non-hydrogen) atoms. The van der Waals surface area contributed by atoms with Gasteiger partial charge in [-0.15, -0.1) is 22.7 Å². The van der Waals surface area contributed by atoms with Gasteiger partial charge in [-0.3, -0.25) is 0 Å². The van der Waals surface area contributed by atoms with Crippen LogP contribution in [0.15, 0.2) is 41.1 Å². The van der Waals surface area contributed by atoms with Crippen molar-refractivity contribution in [1.29, 1.82) is 5.26 Å². The van der Waals surface area contributed by atoms with Crippen molar-refractivity contribution in [2.24, 2.45) is 0 Å². The van der Waals surface area contributed by atoms with Gasteiger partial charge in [-0.05, 0) is 35.2 Å². The molecule has 2 heterocycles. The fourth-order valence-electron chi connectivity index (χ4n) is 1.85. The molecule has 2 nitrogen and oxygen atoms in total. The standard InChI is InChI=1S/C16H8Cl2N2S2/c17-12-4-3-10(7-13(12)18)6-11(8-19)16-20-14(9-22-16)15-2-1-5-21-15/h1-7,9H/b11-6-. The van der Waals surface area contributed by atoms with Crippen molar-refractivity contribution < 1.29 is 0 Å². The van der Waals surface area contributed by atoms with Crippen LogP contribution in [-0.4, -0.2) is 4.98 Å². The van der Waals surface area contributed by atoms with Crippen LogP contribution >= 0.6 is 45.9 Å². The van der Waals surface area contributed by atoms with E-state index in [2.05, 4.69) is 11.1 Å². The van der Waals surface area contributed by atoms with Crippen molar-refractivity contribution >= 4 is 57.5 Å². The first kappa shape index (κ1) is 15.3. The van der Waals surface area contributed by atoms with Gasteiger partial charge in [-0.2, -0.15) is 5.26 Å². The Morgan fingerprint density at radius 2 is 2.05 bits per heavy atom. The van der Waals surface area contributed by atoms with Crippen molar-refractivity contribution in [3.63, 3.8) is 0 Å². The smallest absolute Gasteiger partial charge is 0.134 e. The minimum atomic E-state index is 0.464. The predicted octanol–water partition coefficient (Wildman–Crippen LogP) is 6.24. The van der Waals surface area contributed by atoms with Crippen LogP contribution in [0.2, 0.25) is 10.0 Å². The maximum Gasteiger partial charge on any atom is 0.134 e. The molecule has 0 fully saturated rings. The normalized spacial score (nSPS) is 11.4. The van der Waals surface area contributed by atoms with Crippen molar-refractivity contribution in [2.75, 3.05) is 0 Å². The molecule has 3 rings (SSSR count). The van der Waals surface area contributed by atoms with Gasteiger partial charge >= 0.3 is 0 Å². The van der Waals surface area contributed by atoms with Crippen LogP contribution in [0.3, 0.4) is 0 Å². The molecule has 6 heteroatoms. The van der Waals surface area contributed by atoms with Crippen LogP contribution in [0.25, 0.3) is 22.2 Å². The van der Waals surface area contributed by atoms with Gasteiger partial charge in [-0.1, -0.05) is 35.3 Å². The zero-order chi connectivity index (χ0) is 15.5. The van der Waals surface area contributed by atoms with Gasteiger partial charge in [0.25, 0.3) is 0 Å². The average Bonchev–Trinajstić information content (AvgIpc) is 3.18. The van der Waals surface area contributed by atoms with Crippen molar-refractivity contribution in [2.45, 2.75) is 0 Å². The van der Waals surface area contributed by atoms with Crippen LogP contribution in [0.5, 0.6) is 0 Å². The summed E-state index contributed by atoms with van der Waals surface area (Å²) in [6.07, 6.45) is 1.76. The molecule has 0 unspecified atom stereocenters. The van der Waals surface area contributed by atoms with Crippen LogP contribution in [0.1, 0.15) is 10.6 Å². The summed E-state index contributed by atoms with van der Waals surface area (Å²) in [7, 11) is 0. The van der Waals surface area contributed by atoms with Crippen LogP contribution in [0, 0.1) is 11.3 Å². The number of benzene rings is 1. The van der Waals surface area contributed by atoms with Crippen LogP contribution in [0.4, 0.5) is 0 Å². The highest BCUT2D eigenvalue weighted by atomic mass is 35.5. The van der Waals surface area contributed by atoms with Crippen molar-refractivity contribution in [3.8, 4) is 16.6 Å². The van der Waals surface area contributed by atoms with E-state index in [1.807, 2.05) is 29.0 Å². The first-order chi connectivity index (χ1) is 10.7. The maximum absolute atomic E-state index is 9.40. The molecule has 0 atom stereocenters. The van der Waals surface area contributed by atoms with Crippen molar-refractivity contribution in [3.05, 3.63) is 61.7 Å². The molecule has 0 aliphatic carbocycles. The second-order valence-electron chi connectivity index (χ2n) is 4.36. The zero-order valence-corrected chi connectivity index (χ0v) is 14.2. The molecule has 0 saturated carbocycles. The summed E-state index contributed by atoms with van der Waals surface area (Å²) in [5, 5.41) is 15.0. The third kappa shape index (κ3) is 3.23. The minimum absolute atomic E-state index is 0.464. The molecule has 3 aromatic rings. The Morgan fingerprint density at radius 3 is 2.73 bits per heavy atom. The second kappa shape index (κ2) is 6.64. The molecule has 0 radical (unpaired) electrons. The molecule has 1 aromatic carbocycles. The molecule has 0 amide bonds. The first-order valence-corrected chi connectivity index (χ1v) is 8.75. The largest absolute Gasteiger partial charge is 0.234 e. The molecule has 108 valence electrons. The van der Waals surface area contributed by atoms with E-state index in [4.69, 9.17) is 23.2 Å². The summed E-state index contributed by atoms with van der Waals surface area (Å²) in [6, 6.07) is 11.5. The Bertz CT molecular complexity index is 874. The highest BCUT2D eigenvalue weighted by Gasteiger charge is 2.10. The number of rotatable bonds is 3. The number of nitrogens with zero attached hydrogens (tertiary/aromatic N) is 2. The number of hydrogen-bond donors (Lipinski definition) is 0. The van der Waals surface area contributed by atoms with E-state index in [0.717, 1.165) is 16.1 Å². The van der Waals surface area contributed by atoms with Gasteiger partial charge in [0.2, 0.25) is 0 Å². The van der Waals surface area contributed by atoms with E-state index < -0.39 is 0 Å². The lowest BCUT2D eigenvalue weighted by Crippen LogP contribution is -1.82. The Morgan fingerprint density at radius 1 is 1.18 bits per heavy atom. The van der Waals surface area contributed by atoms with E-state index in [0.29, 0.717) is 20.6 Å². The fraction of sp³-hybridized carbons (Fsp3) is 0. The summed E-state index contributed by atoms with van der Waals surface area (Å²) in [5.41, 5.74) is 2.22. The Balaban J connectivity index is 1.96. The molecular formula is C16H8Cl2N2S2. The van der Waals surface area contributed by atoms with Gasteiger partial charge in [0.15, 0.2) is 0 Å². The number of aromatic nitrogens is 1. The summed E-state index contributed by atoms with van der Waals surface area (Å²) >= 11 is 15.0. The lowest BCUT2D eigenvalue weighted by molar-refractivity contribution is 1.38. The van der Waals surface area contributed by atoms with Gasteiger partial charge < -0.3 is 0 Å². The second-order valence-corrected chi connectivity index (χ2v) is 6.98. The van der Waals surface area contributed by atoms with Gasteiger partial charge in [0, 0.05) is 5.38 Å². The molecule has 0 bridgehead atoms. The van der Waals surface area contributed by atoms with E-state index in [1.165, 1.54) is 11.3 Å². The van der Waals surface area contributed by atoms with E-state index in [1.54, 1.807) is 29.5 Å². The highest BCUT2D eigenvalue weighted by molar-refractivity contribution is 7.14. The number of thiazole rings is 1. The van der Waals surface area contributed by atoms with E-state index >= 15 is 0 Å². The van der Waals surface area contributed by atoms with Crippen LogP contribution < -0.4 is 0 Å². The first-order valence-electron chi connectivity index (χ1n) is 6.24. The quantitative estimate of drug-likeness (QED) is 0.516. The molecule has 2 aromatic heterocycles. The molecular weight excluding hydrogens is 355 g/mol. The number of nitriles is 1. The molecule has 0 saturated heterocycles. The monoisotopic (exact) mass is 362 g/mol. The van der Waals surface area contributed by atoms with E-state index in [9.17, 15) is 5.26 Å². The molecule has 0 aliphatic rings. The minimum Gasteiger partial charge on any atom is -0.234 e. The van der Waals surface area contributed by atoms with Gasteiger partial charge in [-0.25, -0.2) is 4.98 Å². The van der Waals surface area contributed by atoms with Gasteiger partial charge in [0.1, 0.15) is 11.1 Å². The van der Waals surface area contributed by atoms with Gasteiger partial charge in [0.05, 0.1) is 26.2 Å². The topological polar surface area (TPSA) is 36.7 Å². The fourth-order valence-corrected chi connectivity index (χ4v) is 3.70. The summed E-state index contributed by atoms with van der Waals surface area (Å²) in [6.45, 7) is 0. The van der Waals surface area contributed by atoms with E-state index in [-0.39, 0.29) is 0 Å². The number of thiophene rings is 1. The number of halogens is 2. The average molecular weight is 363 g/mol. The van der Waals surface area contributed by atoms with Crippen LogP contribution in [-0.2, 0) is 0 Å². The number of allylic oxidation sites excluding steroid dienone is 1. The SMILES string of the molecule is N#C/C(=C/c1ccc(Cl)c(Cl)c1)c1nc(-c2cccs2)cs1. The molecule has 0 N–H and O–H groups in total. The number of hydrogen-bond acceptors (Lipinski definition) is 4. The highest BCUT2D eigenvalue weighted by Crippen LogP contribution is 2.30. The Kier molecular flexibility index (Phi) is 4.60. The third-order valence-corrected chi connectivity index (χ3v) is 5.39.